The van der Waals surface area contributed by atoms with E-state index < -0.39 is 36.4 Å². The smallest absolute Gasteiger partial charge is 0.475 e. The number of hydrogen-bond acceptors (Lipinski definition) is 7. The molecule has 11 nitrogen and oxygen atoms in total. The molecule has 0 unspecified atom stereocenters. The summed E-state index contributed by atoms with van der Waals surface area (Å²) in [6, 6.07) is 16.1. The Balaban J connectivity index is 0.000000545. The van der Waals surface area contributed by atoms with Gasteiger partial charge in [0.2, 0.25) is 5.91 Å². The summed E-state index contributed by atoms with van der Waals surface area (Å²) in [6.45, 7) is 6.12. The van der Waals surface area contributed by atoms with Crippen LogP contribution in [0.5, 0.6) is 0 Å². The highest BCUT2D eigenvalue weighted by Gasteiger charge is 2.39. The van der Waals surface area contributed by atoms with E-state index >= 15 is 0 Å². The van der Waals surface area contributed by atoms with Crippen molar-refractivity contribution >= 4 is 35.7 Å². The molecule has 0 spiro atoms. The summed E-state index contributed by atoms with van der Waals surface area (Å²) >= 11 is 0. The number of hydrogen-bond donors (Lipinski definition) is 4. The molecule has 0 bridgehead atoms. The lowest BCUT2D eigenvalue weighted by Crippen LogP contribution is -2.48. The standard InChI is InChI=1S/C27H33N3O2.3C2HF3O2/c31-26(25-10-9-23-12-14-28-15-13-24(23)21-25)7-4-16-29-17-19-30(20-18-29)27(32)11-8-22-5-2-1-3-6-22;3*3-2(4,5)1(6)7/h1-3,5-6,8-11,21,28H,4,7,12-20H2;3*(H,6,7)/b11-8+;;;. The fourth-order valence-corrected chi connectivity index (χ4v) is 4.48. The van der Waals surface area contributed by atoms with Crippen molar-refractivity contribution in [1.82, 2.24) is 15.1 Å². The largest absolute Gasteiger partial charge is 0.490 e. The number of alkyl halides is 9. The molecule has 0 saturated carbocycles. The maximum Gasteiger partial charge on any atom is 0.490 e. The lowest BCUT2D eigenvalue weighted by atomic mass is 9.97. The van der Waals surface area contributed by atoms with Crippen LogP contribution in [0.15, 0.2) is 54.6 Å². The Labute approximate surface area is 296 Å². The molecule has 4 N–H and O–H groups in total. The summed E-state index contributed by atoms with van der Waals surface area (Å²) in [5.41, 5.74) is 4.59. The van der Waals surface area contributed by atoms with Gasteiger partial charge in [-0.25, -0.2) is 14.4 Å². The van der Waals surface area contributed by atoms with E-state index in [0.29, 0.717) is 6.42 Å². The Morgan fingerprint density at radius 3 is 1.62 bits per heavy atom. The molecule has 1 fully saturated rings. The summed E-state index contributed by atoms with van der Waals surface area (Å²) < 4.78 is 95.2. The molecule has 1 saturated heterocycles. The number of nitrogens with one attached hydrogen (secondary N) is 1. The van der Waals surface area contributed by atoms with E-state index in [1.807, 2.05) is 47.4 Å². The third kappa shape index (κ3) is 18.9. The zero-order valence-corrected chi connectivity index (χ0v) is 27.7. The Kier molecular flexibility index (Phi) is 18.7. The highest BCUT2D eigenvalue weighted by atomic mass is 19.4. The van der Waals surface area contributed by atoms with E-state index in [4.69, 9.17) is 29.7 Å². The molecule has 0 aliphatic carbocycles. The first-order chi connectivity index (χ1) is 24.5. The number of ketones is 1. The minimum absolute atomic E-state index is 0.0714. The molecule has 2 aliphatic heterocycles. The van der Waals surface area contributed by atoms with E-state index in [1.54, 1.807) is 6.08 Å². The predicted molar refractivity (Wildman–Crippen MR) is 170 cm³/mol. The molecule has 2 aromatic carbocycles. The van der Waals surface area contributed by atoms with Crippen LogP contribution in [0.25, 0.3) is 6.08 Å². The molecule has 4 rings (SSSR count). The molecular weight excluding hydrogens is 737 g/mol. The van der Waals surface area contributed by atoms with E-state index in [2.05, 4.69) is 22.3 Å². The number of carboxylic acid groups (broad SMARTS) is 3. The molecule has 0 aromatic heterocycles. The molecule has 0 atom stereocenters. The number of Topliss-reactive ketones (excluding diaryl/α,β-unsaturated/α-hetero) is 1. The van der Waals surface area contributed by atoms with Gasteiger partial charge in [0, 0.05) is 44.2 Å². The fourth-order valence-electron chi connectivity index (χ4n) is 4.48. The number of fused-ring (bicyclic) bond motifs is 1. The number of piperazine rings is 1. The van der Waals surface area contributed by atoms with E-state index in [-0.39, 0.29) is 11.7 Å². The SMILES string of the molecule is O=C(CCCN1CCN(C(=O)/C=C/c2ccccc2)CC1)c1ccc2c(c1)CCNCC2.O=C(O)C(F)(F)F.O=C(O)C(F)(F)F.O=C(O)C(F)(F)F. The summed E-state index contributed by atoms with van der Waals surface area (Å²) in [5.74, 6) is -7.96. The van der Waals surface area contributed by atoms with Crippen molar-refractivity contribution in [3.8, 4) is 0 Å². The summed E-state index contributed by atoms with van der Waals surface area (Å²) in [6.07, 6.45) is -8.23. The van der Waals surface area contributed by atoms with Gasteiger partial charge in [0.05, 0.1) is 0 Å². The minimum Gasteiger partial charge on any atom is -0.475 e. The summed E-state index contributed by atoms with van der Waals surface area (Å²) in [7, 11) is 0. The van der Waals surface area contributed by atoms with Crippen molar-refractivity contribution in [2.75, 3.05) is 45.8 Å². The van der Waals surface area contributed by atoms with Crippen LogP contribution in [0.2, 0.25) is 0 Å². The molecule has 53 heavy (non-hydrogen) atoms. The van der Waals surface area contributed by atoms with Gasteiger partial charge in [-0.15, -0.1) is 0 Å². The van der Waals surface area contributed by atoms with Gasteiger partial charge >= 0.3 is 36.4 Å². The van der Waals surface area contributed by atoms with Crippen LogP contribution in [-0.4, -0.2) is 119 Å². The molecule has 20 heteroatoms. The second kappa shape index (κ2) is 21.5. The third-order valence-electron chi connectivity index (χ3n) is 7.18. The van der Waals surface area contributed by atoms with Gasteiger partial charge in [-0.3, -0.25) is 14.5 Å². The number of nitrogens with zero attached hydrogens (tertiary/aromatic N) is 2. The molecular formula is C33H36F9N3O8. The maximum atomic E-state index is 12.7. The van der Waals surface area contributed by atoms with Gasteiger partial charge in [0.25, 0.3) is 0 Å². The van der Waals surface area contributed by atoms with E-state index in [0.717, 1.165) is 76.2 Å². The van der Waals surface area contributed by atoms with Crippen LogP contribution < -0.4 is 5.32 Å². The van der Waals surface area contributed by atoms with E-state index in [1.165, 1.54) is 11.1 Å². The minimum atomic E-state index is -5.08. The fraction of sp³-hybridized carbons (Fsp3) is 0.424. The van der Waals surface area contributed by atoms with Crippen LogP contribution in [0.4, 0.5) is 39.5 Å². The number of rotatable bonds is 7. The van der Waals surface area contributed by atoms with Gasteiger partial charge in [-0.05, 0) is 67.7 Å². The number of carboxylic acids is 3. The highest BCUT2D eigenvalue weighted by Crippen LogP contribution is 2.18. The van der Waals surface area contributed by atoms with Crippen molar-refractivity contribution in [2.45, 2.75) is 44.2 Å². The second-order valence-corrected chi connectivity index (χ2v) is 11.1. The first kappa shape index (κ1) is 46.0. The Bertz CT molecular complexity index is 1480. The number of benzene rings is 2. The normalized spacial score (nSPS) is 14.8. The van der Waals surface area contributed by atoms with E-state index in [9.17, 15) is 49.1 Å². The van der Waals surface area contributed by atoms with Crippen LogP contribution in [-0.2, 0) is 32.0 Å². The van der Waals surface area contributed by atoms with Gasteiger partial charge in [0.15, 0.2) is 5.78 Å². The third-order valence-corrected chi connectivity index (χ3v) is 7.18. The predicted octanol–water partition coefficient (Wildman–Crippen LogP) is 5.10. The molecule has 294 valence electrons. The number of carbonyl (C=O) groups is 5. The Hall–Kier alpha value is -4.98. The first-order valence-corrected chi connectivity index (χ1v) is 15.5. The summed E-state index contributed by atoms with van der Waals surface area (Å²) in [4.78, 5) is 56.1. The lowest BCUT2D eigenvalue weighted by molar-refractivity contribution is -0.193. The van der Waals surface area contributed by atoms with Gasteiger partial charge in [-0.2, -0.15) is 39.5 Å². The van der Waals surface area contributed by atoms with Gasteiger partial charge in [-0.1, -0.05) is 42.5 Å². The number of aliphatic carboxylic acids is 3. The van der Waals surface area contributed by atoms with Crippen LogP contribution >= 0.6 is 0 Å². The summed E-state index contributed by atoms with van der Waals surface area (Å²) in [5, 5.41) is 24.8. The highest BCUT2D eigenvalue weighted by molar-refractivity contribution is 5.96. The van der Waals surface area contributed by atoms with Crippen molar-refractivity contribution in [3.05, 3.63) is 76.9 Å². The van der Waals surface area contributed by atoms with Crippen LogP contribution in [0.3, 0.4) is 0 Å². The maximum absolute atomic E-state index is 12.7. The topological polar surface area (TPSA) is 165 Å². The quantitative estimate of drug-likeness (QED) is 0.169. The second-order valence-electron chi connectivity index (χ2n) is 11.1. The van der Waals surface area contributed by atoms with Crippen molar-refractivity contribution < 1.29 is 78.8 Å². The molecule has 2 aliphatic rings. The Morgan fingerprint density at radius 2 is 1.15 bits per heavy atom. The lowest BCUT2D eigenvalue weighted by Gasteiger charge is -2.34. The number of halogens is 9. The zero-order valence-electron chi connectivity index (χ0n) is 27.7. The molecule has 1 amide bonds. The molecule has 0 radical (unpaired) electrons. The number of amides is 1. The van der Waals surface area contributed by atoms with Crippen LogP contribution in [0, 0.1) is 0 Å². The molecule has 2 aromatic rings. The van der Waals surface area contributed by atoms with Gasteiger partial charge in [0.1, 0.15) is 0 Å². The van der Waals surface area contributed by atoms with Crippen molar-refractivity contribution in [2.24, 2.45) is 0 Å². The average molecular weight is 774 g/mol. The van der Waals surface area contributed by atoms with Crippen molar-refractivity contribution in [3.63, 3.8) is 0 Å². The van der Waals surface area contributed by atoms with Crippen molar-refractivity contribution in [1.29, 1.82) is 0 Å². The van der Waals surface area contributed by atoms with Gasteiger partial charge < -0.3 is 25.5 Å². The van der Waals surface area contributed by atoms with Crippen LogP contribution in [0.1, 0.15) is 39.9 Å². The Morgan fingerprint density at radius 1 is 0.679 bits per heavy atom. The monoisotopic (exact) mass is 773 g/mol. The zero-order chi connectivity index (χ0) is 40.4. The average Bonchev–Trinajstić information content (AvgIpc) is 3.33. The molecule has 2 heterocycles. The first-order valence-electron chi connectivity index (χ1n) is 15.5. The number of carbonyl (C=O) groups excluding carboxylic acids is 2.